The third kappa shape index (κ3) is 2.65. The second kappa shape index (κ2) is 5.22. The van der Waals surface area contributed by atoms with Crippen molar-refractivity contribution in [1.82, 2.24) is 10.2 Å². The predicted octanol–water partition coefficient (Wildman–Crippen LogP) is 0.872. The van der Waals surface area contributed by atoms with Gasteiger partial charge >= 0.3 is 0 Å². The normalized spacial score (nSPS) is 19.5. The third-order valence-corrected chi connectivity index (χ3v) is 3.34. The van der Waals surface area contributed by atoms with Gasteiger partial charge in [-0.3, -0.25) is 19.3 Å². The highest BCUT2D eigenvalue weighted by atomic mass is 16.2. The second-order valence-electron chi connectivity index (χ2n) is 4.67. The number of piperidine rings is 1. The smallest absolute Gasteiger partial charge is 0.252 e. The van der Waals surface area contributed by atoms with Crippen molar-refractivity contribution in [3.05, 3.63) is 35.4 Å². The van der Waals surface area contributed by atoms with E-state index in [2.05, 4.69) is 5.32 Å². The molecular formula is C14H16N2O3. The number of benzene rings is 1. The largest absolute Gasteiger partial charge is 0.340 e. The topological polar surface area (TPSA) is 66.5 Å². The van der Waals surface area contributed by atoms with Gasteiger partial charge in [0.05, 0.1) is 0 Å². The molecule has 1 aromatic carbocycles. The molecule has 0 radical (unpaired) electrons. The number of amides is 3. The average Bonchev–Trinajstić information content (AvgIpc) is 2.40. The predicted molar refractivity (Wildman–Crippen MR) is 69.4 cm³/mol. The number of hydrogen-bond donors (Lipinski definition) is 1. The molecule has 0 saturated carbocycles. The maximum Gasteiger partial charge on any atom is 0.252 e. The SMILES string of the molecule is Cc1ccccc1C(=O)NC1CCC(=O)N(C)C1=O. The fraction of sp³-hybridized carbons (Fsp3) is 0.357. The van der Waals surface area contributed by atoms with E-state index in [9.17, 15) is 14.4 Å². The van der Waals surface area contributed by atoms with E-state index in [4.69, 9.17) is 0 Å². The number of carbonyl (C=O) groups excluding carboxylic acids is 3. The summed E-state index contributed by atoms with van der Waals surface area (Å²) in [6.07, 6.45) is 0.639. The lowest BCUT2D eigenvalue weighted by atomic mass is 10.0. The first kappa shape index (κ1) is 13.3. The molecule has 1 fully saturated rings. The van der Waals surface area contributed by atoms with Crippen molar-refractivity contribution in [2.45, 2.75) is 25.8 Å². The van der Waals surface area contributed by atoms with Crippen molar-refractivity contribution < 1.29 is 14.4 Å². The summed E-state index contributed by atoms with van der Waals surface area (Å²) < 4.78 is 0. The second-order valence-corrected chi connectivity index (χ2v) is 4.67. The first-order valence-electron chi connectivity index (χ1n) is 6.17. The number of carbonyl (C=O) groups is 3. The van der Waals surface area contributed by atoms with Crippen LogP contribution in [0.25, 0.3) is 0 Å². The molecule has 2 rings (SSSR count). The molecule has 1 aliphatic heterocycles. The molecule has 0 spiro atoms. The van der Waals surface area contributed by atoms with Gasteiger partial charge in [0.2, 0.25) is 5.91 Å². The van der Waals surface area contributed by atoms with Crippen LogP contribution in [0, 0.1) is 6.92 Å². The van der Waals surface area contributed by atoms with Gasteiger partial charge in [-0.1, -0.05) is 18.2 Å². The number of imide groups is 1. The zero-order valence-corrected chi connectivity index (χ0v) is 11.0. The molecule has 1 atom stereocenters. The van der Waals surface area contributed by atoms with Crippen LogP contribution in [0.2, 0.25) is 0 Å². The first-order chi connectivity index (χ1) is 9.00. The van der Waals surface area contributed by atoms with Gasteiger partial charge in [0, 0.05) is 19.0 Å². The van der Waals surface area contributed by atoms with E-state index in [0.717, 1.165) is 10.5 Å². The maximum atomic E-state index is 12.1. The van der Waals surface area contributed by atoms with Crippen LogP contribution in [0.15, 0.2) is 24.3 Å². The lowest BCUT2D eigenvalue weighted by molar-refractivity contribution is -0.147. The molecule has 0 aromatic heterocycles. The van der Waals surface area contributed by atoms with Crippen LogP contribution < -0.4 is 5.32 Å². The van der Waals surface area contributed by atoms with Crippen LogP contribution in [0.1, 0.15) is 28.8 Å². The minimum Gasteiger partial charge on any atom is -0.340 e. The number of nitrogens with zero attached hydrogens (tertiary/aromatic N) is 1. The van der Waals surface area contributed by atoms with Crippen molar-refractivity contribution in [2.24, 2.45) is 0 Å². The Labute approximate surface area is 111 Å². The molecule has 1 aliphatic rings. The van der Waals surface area contributed by atoms with Crippen molar-refractivity contribution in [3.8, 4) is 0 Å². The Morgan fingerprint density at radius 2 is 2.00 bits per heavy atom. The van der Waals surface area contributed by atoms with Gasteiger partial charge in [-0.15, -0.1) is 0 Å². The lowest BCUT2D eigenvalue weighted by Gasteiger charge is -2.28. The van der Waals surface area contributed by atoms with Crippen molar-refractivity contribution in [3.63, 3.8) is 0 Å². The number of likely N-dealkylation sites (tertiary alicyclic amines) is 1. The van der Waals surface area contributed by atoms with E-state index in [1.54, 1.807) is 12.1 Å². The molecule has 5 heteroatoms. The molecule has 19 heavy (non-hydrogen) atoms. The van der Waals surface area contributed by atoms with Crippen LogP contribution in [0.3, 0.4) is 0 Å². The first-order valence-corrected chi connectivity index (χ1v) is 6.17. The summed E-state index contributed by atoms with van der Waals surface area (Å²) in [5.41, 5.74) is 1.41. The van der Waals surface area contributed by atoms with Gasteiger partial charge in [-0.25, -0.2) is 0 Å². The van der Waals surface area contributed by atoms with Gasteiger partial charge in [0.1, 0.15) is 6.04 Å². The molecule has 1 saturated heterocycles. The summed E-state index contributed by atoms with van der Waals surface area (Å²) >= 11 is 0. The monoisotopic (exact) mass is 260 g/mol. The van der Waals surface area contributed by atoms with Crippen LogP contribution in [-0.2, 0) is 9.59 Å². The average molecular weight is 260 g/mol. The van der Waals surface area contributed by atoms with Crippen molar-refractivity contribution in [2.75, 3.05) is 7.05 Å². The summed E-state index contributed by atoms with van der Waals surface area (Å²) in [6.45, 7) is 1.84. The molecule has 5 nitrogen and oxygen atoms in total. The maximum absolute atomic E-state index is 12.1. The van der Waals surface area contributed by atoms with E-state index >= 15 is 0 Å². The van der Waals surface area contributed by atoms with E-state index in [1.807, 2.05) is 19.1 Å². The van der Waals surface area contributed by atoms with Gasteiger partial charge < -0.3 is 5.32 Å². The Bertz CT molecular complexity index is 539. The fourth-order valence-corrected chi connectivity index (χ4v) is 2.11. The van der Waals surface area contributed by atoms with Crippen LogP contribution >= 0.6 is 0 Å². The lowest BCUT2D eigenvalue weighted by Crippen LogP contribution is -2.53. The highest BCUT2D eigenvalue weighted by Gasteiger charge is 2.32. The standard InChI is InChI=1S/C14H16N2O3/c1-9-5-3-4-6-10(9)13(18)15-11-7-8-12(17)16(2)14(11)19/h3-6,11H,7-8H2,1-2H3,(H,15,18). The molecule has 1 unspecified atom stereocenters. The van der Waals surface area contributed by atoms with Gasteiger partial charge in [-0.05, 0) is 25.0 Å². The zero-order valence-electron chi connectivity index (χ0n) is 11.0. The van der Waals surface area contributed by atoms with E-state index in [1.165, 1.54) is 7.05 Å². The molecule has 1 aromatic rings. The van der Waals surface area contributed by atoms with Crippen LogP contribution in [0.5, 0.6) is 0 Å². The Hall–Kier alpha value is -2.17. The van der Waals surface area contributed by atoms with Gasteiger partial charge in [-0.2, -0.15) is 0 Å². The number of rotatable bonds is 2. The fourth-order valence-electron chi connectivity index (χ4n) is 2.11. The Balaban J connectivity index is 2.10. The van der Waals surface area contributed by atoms with Crippen LogP contribution in [-0.4, -0.2) is 35.7 Å². The quantitative estimate of drug-likeness (QED) is 0.802. The van der Waals surface area contributed by atoms with Crippen molar-refractivity contribution in [1.29, 1.82) is 0 Å². The molecule has 0 aliphatic carbocycles. The van der Waals surface area contributed by atoms with E-state index in [-0.39, 0.29) is 24.1 Å². The van der Waals surface area contributed by atoms with E-state index in [0.29, 0.717) is 12.0 Å². The molecule has 1 heterocycles. The Morgan fingerprint density at radius 1 is 1.32 bits per heavy atom. The third-order valence-electron chi connectivity index (χ3n) is 3.34. The molecule has 1 N–H and O–H groups in total. The highest BCUT2D eigenvalue weighted by molar-refractivity contribution is 6.03. The van der Waals surface area contributed by atoms with Gasteiger partial charge in [0.25, 0.3) is 11.8 Å². The van der Waals surface area contributed by atoms with Gasteiger partial charge in [0.15, 0.2) is 0 Å². The Morgan fingerprint density at radius 3 is 2.68 bits per heavy atom. The summed E-state index contributed by atoms with van der Waals surface area (Å²) in [4.78, 5) is 36.4. The summed E-state index contributed by atoms with van der Waals surface area (Å²) in [5.74, 6) is -0.830. The van der Waals surface area contributed by atoms with Crippen LogP contribution in [0.4, 0.5) is 0 Å². The summed E-state index contributed by atoms with van der Waals surface area (Å²) in [7, 11) is 1.44. The molecular weight excluding hydrogens is 244 g/mol. The minimum atomic E-state index is -0.616. The highest BCUT2D eigenvalue weighted by Crippen LogP contribution is 2.13. The molecule has 0 bridgehead atoms. The number of aryl methyl sites for hydroxylation is 1. The number of likely N-dealkylation sites (N-methyl/N-ethyl adjacent to an activating group) is 1. The minimum absolute atomic E-state index is 0.202. The zero-order chi connectivity index (χ0) is 14.0. The number of nitrogens with one attached hydrogen (secondary N) is 1. The Kier molecular flexibility index (Phi) is 3.64. The summed E-state index contributed by atoms with van der Waals surface area (Å²) in [6, 6.07) is 6.57. The van der Waals surface area contributed by atoms with Crippen molar-refractivity contribution >= 4 is 17.7 Å². The molecule has 100 valence electrons. The number of hydrogen-bond acceptors (Lipinski definition) is 3. The summed E-state index contributed by atoms with van der Waals surface area (Å²) in [5, 5.41) is 2.69. The van der Waals surface area contributed by atoms with E-state index < -0.39 is 6.04 Å². The molecule has 3 amide bonds.